The zero-order valence-electron chi connectivity index (χ0n) is 11.6. The standard InChI is InChI=1S/C16H10FN3OS/c1-20-13-7-6-12(17)8-14(13)22-16(20)19-15(21)11-4-2-10(9-18)3-5-11/h2-8H,1H3. The fourth-order valence-corrected chi connectivity index (χ4v) is 3.09. The van der Waals surface area contributed by atoms with E-state index in [4.69, 9.17) is 5.26 Å². The molecule has 0 saturated carbocycles. The molecule has 6 heteroatoms. The number of carbonyl (C=O) groups is 1. The molecule has 0 unspecified atom stereocenters. The van der Waals surface area contributed by atoms with E-state index >= 15 is 0 Å². The molecule has 4 nitrogen and oxygen atoms in total. The van der Waals surface area contributed by atoms with Crippen LogP contribution in [0, 0.1) is 17.1 Å². The van der Waals surface area contributed by atoms with E-state index in [1.807, 2.05) is 6.07 Å². The Hall–Kier alpha value is -2.78. The van der Waals surface area contributed by atoms with Gasteiger partial charge in [-0.25, -0.2) is 4.39 Å². The molecule has 0 aliphatic carbocycles. The quantitative estimate of drug-likeness (QED) is 0.693. The molecule has 1 aromatic heterocycles. The first kappa shape index (κ1) is 14.2. The van der Waals surface area contributed by atoms with Gasteiger partial charge in [-0.1, -0.05) is 11.3 Å². The summed E-state index contributed by atoms with van der Waals surface area (Å²) in [6, 6.07) is 12.7. The lowest BCUT2D eigenvalue weighted by molar-refractivity contribution is 0.0998. The number of aryl methyl sites for hydroxylation is 1. The summed E-state index contributed by atoms with van der Waals surface area (Å²) < 4.78 is 15.7. The Morgan fingerprint density at radius 3 is 2.68 bits per heavy atom. The highest BCUT2D eigenvalue weighted by molar-refractivity contribution is 7.16. The number of rotatable bonds is 1. The van der Waals surface area contributed by atoms with Gasteiger partial charge < -0.3 is 4.57 Å². The highest BCUT2D eigenvalue weighted by atomic mass is 32.1. The Kier molecular flexibility index (Phi) is 3.57. The lowest BCUT2D eigenvalue weighted by Crippen LogP contribution is -2.13. The number of thiazole rings is 1. The number of carbonyl (C=O) groups excluding carboxylic acids is 1. The van der Waals surface area contributed by atoms with Gasteiger partial charge in [0.15, 0.2) is 4.80 Å². The zero-order chi connectivity index (χ0) is 15.7. The molecular weight excluding hydrogens is 301 g/mol. The van der Waals surface area contributed by atoms with Gasteiger partial charge in [-0.3, -0.25) is 4.79 Å². The monoisotopic (exact) mass is 311 g/mol. The van der Waals surface area contributed by atoms with Crippen molar-refractivity contribution in [1.29, 1.82) is 5.26 Å². The first-order valence-electron chi connectivity index (χ1n) is 6.43. The number of halogens is 1. The number of nitrogens with zero attached hydrogens (tertiary/aromatic N) is 3. The van der Waals surface area contributed by atoms with E-state index in [9.17, 15) is 9.18 Å². The zero-order valence-corrected chi connectivity index (χ0v) is 12.4. The third-order valence-corrected chi connectivity index (χ3v) is 4.32. The Bertz CT molecular complexity index is 977. The predicted molar refractivity (Wildman–Crippen MR) is 81.8 cm³/mol. The number of amides is 1. The molecule has 0 aliphatic heterocycles. The average molecular weight is 311 g/mol. The maximum absolute atomic E-state index is 13.2. The van der Waals surface area contributed by atoms with Gasteiger partial charge in [0.1, 0.15) is 5.82 Å². The molecule has 0 N–H and O–H groups in total. The fourth-order valence-electron chi connectivity index (χ4n) is 2.05. The van der Waals surface area contributed by atoms with Crippen molar-refractivity contribution in [2.24, 2.45) is 12.0 Å². The molecule has 1 heterocycles. The van der Waals surface area contributed by atoms with Crippen LogP contribution in [-0.4, -0.2) is 10.5 Å². The summed E-state index contributed by atoms with van der Waals surface area (Å²) in [4.78, 5) is 16.8. The predicted octanol–water partition coefficient (Wildman–Crippen LogP) is 2.99. The summed E-state index contributed by atoms with van der Waals surface area (Å²) >= 11 is 1.25. The number of nitriles is 1. The van der Waals surface area contributed by atoms with Gasteiger partial charge in [0.05, 0.1) is 21.8 Å². The Labute approximate surface area is 129 Å². The number of benzene rings is 2. The molecule has 3 rings (SSSR count). The molecule has 0 saturated heterocycles. The summed E-state index contributed by atoms with van der Waals surface area (Å²) in [7, 11) is 1.78. The summed E-state index contributed by atoms with van der Waals surface area (Å²) in [5.41, 5.74) is 1.71. The van der Waals surface area contributed by atoms with Crippen LogP contribution in [0.3, 0.4) is 0 Å². The number of hydrogen-bond donors (Lipinski definition) is 0. The lowest BCUT2D eigenvalue weighted by atomic mass is 10.1. The first-order valence-corrected chi connectivity index (χ1v) is 7.24. The molecule has 0 atom stereocenters. The van der Waals surface area contributed by atoms with Gasteiger partial charge in [0.25, 0.3) is 5.91 Å². The SMILES string of the molecule is Cn1c(=NC(=O)c2ccc(C#N)cc2)sc2cc(F)ccc21. The van der Waals surface area contributed by atoms with Gasteiger partial charge in [-0.2, -0.15) is 10.3 Å². The van der Waals surface area contributed by atoms with E-state index in [-0.39, 0.29) is 5.82 Å². The van der Waals surface area contributed by atoms with E-state index in [0.717, 1.165) is 10.2 Å². The normalized spacial score (nSPS) is 11.6. The molecule has 0 aliphatic rings. The Morgan fingerprint density at radius 2 is 2.00 bits per heavy atom. The Balaban J connectivity index is 2.05. The van der Waals surface area contributed by atoms with Crippen molar-refractivity contribution < 1.29 is 9.18 Å². The highest BCUT2D eigenvalue weighted by Gasteiger charge is 2.08. The van der Waals surface area contributed by atoms with Gasteiger partial charge in [-0.05, 0) is 42.5 Å². The minimum absolute atomic E-state index is 0.320. The van der Waals surface area contributed by atoms with Crippen LogP contribution < -0.4 is 4.80 Å². The van der Waals surface area contributed by atoms with Crippen LogP contribution in [0.4, 0.5) is 4.39 Å². The number of fused-ring (bicyclic) bond motifs is 1. The molecule has 1 amide bonds. The van der Waals surface area contributed by atoms with Crippen molar-refractivity contribution in [3.63, 3.8) is 0 Å². The summed E-state index contributed by atoms with van der Waals surface area (Å²) in [6.07, 6.45) is 0. The summed E-state index contributed by atoms with van der Waals surface area (Å²) in [6.45, 7) is 0. The molecule has 0 bridgehead atoms. The van der Waals surface area contributed by atoms with Crippen molar-refractivity contribution in [3.05, 3.63) is 64.2 Å². The maximum atomic E-state index is 13.2. The van der Waals surface area contributed by atoms with Crippen LogP contribution in [0.25, 0.3) is 10.2 Å². The van der Waals surface area contributed by atoms with Crippen molar-refractivity contribution in [2.45, 2.75) is 0 Å². The van der Waals surface area contributed by atoms with Gasteiger partial charge in [0.2, 0.25) is 0 Å². The smallest absolute Gasteiger partial charge is 0.279 e. The average Bonchev–Trinajstić information content (AvgIpc) is 2.82. The fraction of sp³-hybridized carbons (Fsp3) is 0.0625. The van der Waals surface area contributed by atoms with Crippen molar-refractivity contribution in [2.75, 3.05) is 0 Å². The molecule has 22 heavy (non-hydrogen) atoms. The number of hydrogen-bond acceptors (Lipinski definition) is 3. The second kappa shape index (κ2) is 5.54. The third-order valence-electron chi connectivity index (χ3n) is 3.23. The molecule has 108 valence electrons. The molecular formula is C16H10FN3OS. The van der Waals surface area contributed by atoms with Crippen molar-refractivity contribution >= 4 is 27.5 Å². The highest BCUT2D eigenvalue weighted by Crippen LogP contribution is 2.17. The molecule has 0 spiro atoms. The minimum Gasteiger partial charge on any atom is -0.319 e. The first-order chi connectivity index (χ1) is 10.6. The second-order valence-corrected chi connectivity index (χ2v) is 5.67. The van der Waals surface area contributed by atoms with Crippen LogP contribution in [0.5, 0.6) is 0 Å². The van der Waals surface area contributed by atoms with Crippen LogP contribution in [0.2, 0.25) is 0 Å². The van der Waals surface area contributed by atoms with E-state index in [1.165, 1.54) is 23.5 Å². The molecule has 0 fully saturated rings. The third kappa shape index (κ3) is 2.54. The van der Waals surface area contributed by atoms with E-state index in [0.29, 0.717) is 15.9 Å². The largest absolute Gasteiger partial charge is 0.319 e. The molecule has 0 radical (unpaired) electrons. The topological polar surface area (TPSA) is 58.1 Å². The second-order valence-electron chi connectivity index (χ2n) is 4.66. The lowest BCUT2D eigenvalue weighted by Gasteiger charge is -1.96. The van der Waals surface area contributed by atoms with Gasteiger partial charge >= 0.3 is 0 Å². The van der Waals surface area contributed by atoms with Crippen LogP contribution in [-0.2, 0) is 7.05 Å². The van der Waals surface area contributed by atoms with Crippen molar-refractivity contribution in [3.8, 4) is 6.07 Å². The minimum atomic E-state index is -0.396. The van der Waals surface area contributed by atoms with E-state index < -0.39 is 5.91 Å². The maximum Gasteiger partial charge on any atom is 0.279 e. The van der Waals surface area contributed by atoms with Crippen LogP contribution in [0.15, 0.2) is 47.5 Å². The Morgan fingerprint density at radius 1 is 1.27 bits per heavy atom. The molecule has 3 aromatic rings. The molecule has 2 aromatic carbocycles. The van der Waals surface area contributed by atoms with Gasteiger partial charge in [0, 0.05) is 12.6 Å². The van der Waals surface area contributed by atoms with E-state index in [2.05, 4.69) is 4.99 Å². The van der Waals surface area contributed by atoms with Crippen LogP contribution >= 0.6 is 11.3 Å². The van der Waals surface area contributed by atoms with Crippen molar-refractivity contribution in [1.82, 2.24) is 4.57 Å². The summed E-state index contributed by atoms with van der Waals surface area (Å²) in [5, 5.41) is 8.75. The van der Waals surface area contributed by atoms with Gasteiger partial charge in [-0.15, -0.1) is 0 Å². The summed E-state index contributed by atoms with van der Waals surface area (Å²) in [5.74, 6) is -0.716. The van der Waals surface area contributed by atoms with E-state index in [1.54, 1.807) is 41.9 Å². The van der Waals surface area contributed by atoms with Crippen LogP contribution in [0.1, 0.15) is 15.9 Å². The number of aromatic nitrogens is 1.